The third kappa shape index (κ3) is 4.14. The lowest BCUT2D eigenvalue weighted by Crippen LogP contribution is -2.27. The lowest BCUT2D eigenvalue weighted by molar-refractivity contribution is 0.136. The van der Waals surface area contributed by atoms with E-state index in [1.807, 2.05) is 0 Å². The minimum absolute atomic E-state index is 0.0877. The number of nitrogens with one attached hydrogen (secondary N) is 1. The number of aliphatic hydroxyl groups is 1. The predicted molar refractivity (Wildman–Crippen MR) is 64.8 cm³/mol. The van der Waals surface area contributed by atoms with Crippen molar-refractivity contribution in [1.29, 1.82) is 0 Å². The van der Waals surface area contributed by atoms with Gasteiger partial charge in [0.1, 0.15) is 18.1 Å². The highest BCUT2D eigenvalue weighted by Crippen LogP contribution is 2.25. The lowest BCUT2D eigenvalue weighted by Gasteiger charge is -2.11. The molecule has 1 aromatic rings. The van der Waals surface area contributed by atoms with Crippen molar-refractivity contribution in [3.05, 3.63) is 23.8 Å². The smallest absolute Gasteiger partial charge is 0.407 e. The highest BCUT2D eigenvalue weighted by Gasteiger charge is 2.08. The summed E-state index contributed by atoms with van der Waals surface area (Å²) in [5.41, 5.74) is 0.734. The molecule has 0 radical (unpaired) electrons. The summed E-state index contributed by atoms with van der Waals surface area (Å²) in [5, 5.41) is 10.9. The average molecular weight is 255 g/mol. The van der Waals surface area contributed by atoms with Crippen LogP contribution < -0.4 is 14.8 Å². The number of hydrogen-bond acceptors (Lipinski definition) is 5. The van der Waals surface area contributed by atoms with Crippen LogP contribution in [0.3, 0.4) is 0 Å². The molecule has 0 unspecified atom stereocenters. The Hall–Kier alpha value is -1.95. The van der Waals surface area contributed by atoms with Crippen LogP contribution in [0.1, 0.15) is 5.56 Å². The molecule has 6 heteroatoms. The molecule has 1 amide bonds. The van der Waals surface area contributed by atoms with Gasteiger partial charge >= 0.3 is 6.09 Å². The Morgan fingerprint density at radius 1 is 1.33 bits per heavy atom. The second kappa shape index (κ2) is 7.39. The van der Waals surface area contributed by atoms with Gasteiger partial charge in [-0.3, -0.25) is 0 Å². The van der Waals surface area contributed by atoms with E-state index in [4.69, 9.17) is 19.3 Å². The molecule has 1 aromatic carbocycles. The van der Waals surface area contributed by atoms with E-state index in [-0.39, 0.29) is 19.8 Å². The molecule has 2 N–H and O–H groups in total. The first kappa shape index (κ1) is 14.1. The number of alkyl carbamates (subject to hydrolysis) is 1. The van der Waals surface area contributed by atoms with E-state index in [1.165, 1.54) is 7.11 Å². The zero-order valence-electron chi connectivity index (χ0n) is 10.4. The number of amides is 1. The number of aliphatic hydroxyl groups excluding tert-OH is 1. The molecular weight excluding hydrogens is 238 g/mol. The lowest BCUT2D eigenvalue weighted by atomic mass is 10.2. The Morgan fingerprint density at radius 3 is 2.72 bits per heavy atom. The molecular formula is C12H17NO5. The zero-order valence-corrected chi connectivity index (χ0v) is 10.4. The molecule has 6 nitrogen and oxygen atoms in total. The minimum atomic E-state index is -0.582. The van der Waals surface area contributed by atoms with Gasteiger partial charge in [-0.1, -0.05) is 0 Å². The van der Waals surface area contributed by atoms with Crippen molar-refractivity contribution in [3.63, 3.8) is 0 Å². The first-order chi connectivity index (χ1) is 8.71. The maximum atomic E-state index is 11.2. The zero-order chi connectivity index (χ0) is 13.4. The van der Waals surface area contributed by atoms with Crippen molar-refractivity contribution in [2.45, 2.75) is 6.61 Å². The van der Waals surface area contributed by atoms with Gasteiger partial charge in [0.05, 0.1) is 20.8 Å². The van der Waals surface area contributed by atoms with Gasteiger partial charge in [0.15, 0.2) is 0 Å². The number of methoxy groups -OCH3 is 2. The molecule has 0 saturated carbocycles. The van der Waals surface area contributed by atoms with Gasteiger partial charge in [-0.25, -0.2) is 4.79 Å². The van der Waals surface area contributed by atoms with Crippen LogP contribution in [0.2, 0.25) is 0 Å². The van der Waals surface area contributed by atoms with Crippen LogP contribution in [0.15, 0.2) is 18.2 Å². The second-order valence-corrected chi connectivity index (χ2v) is 3.40. The molecule has 100 valence electrons. The fourth-order valence-corrected chi connectivity index (χ4v) is 1.32. The van der Waals surface area contributed by atoms with Crippen LogP contribution in [0.4, 0.5) is 4.79 Å². The van der Waals surface area contributed by atoms with E-state index in [0.29, 0.717) is 11.5 Å². The van der Waals surface area contributed by atoms with Crippen LogP contribution in [0.25, 0.3) is 0 Å². The summed E-state index contributed by atoms with van der Waals surface area (Å²) in [6.45, 7) is 0.129. The van der Waals surface area contributed by atoms with E-state index in [9.17, 15) is 4.79 Å². The van der Waals surface area contributed by atoms with Gasteiger partial charge < -0.3 is 24.6 Å². The Labute approximate surface area is 105 Å². The van der Waals surface area contributed by atoms with Crippen LogP contribution in [-0.2, 0) is 11.3 Å². The summed E-state index contributed by atoms with van der Waals surface area (Å²) < 4.78 is 15.2. The van der Waals surface area contributed by atoms with E-state index in [0.717, 1.165) is 5.56 Å². The van der Waals surface area contributed by atoms with E-state index in [2.05, 4.69) is 5.32 Å². The van der Waals surface area contributed by atoms with Gasteiger partial charge in [-0.2, -0.15) is 0 Å². The molecule has 0 saturated heterocycles. The number of benzene rings is 1. The normalized spacial score (nSPS) is 9.72. The second-order valence-electron chi connectivity index (χ2n) is 3.40. The average Bonchev–Trinajstić information content (AvgIpc) is 2.42. The summed E-state index contributed by atoms with van der Waals surface area (Å²) in [5.74, 6) is 1.25. The molecule has 0 heterocycles. The first-order valence-corrected chi connectivity index (χ1v) is 5.43. The summed E-state index contributed by atoms with van der Waals surface area (Å²) in [4.78, 5) is 11.2. The van der Waals surface area contributed by atoms with Crippen LogP contribution in [0, 0.1) is 0 Å². The SMILES string of the molecule is COc1ccc(COC(=O)NCCO)c(OC)c1. The quantitative estimate of drug-likeness (QED) is 0.790. The predicted octanol–water partition coefficient (Wildman–Crippen LogP) is 0.922. The third-order valence-electron chi connectivity index (χ3n) is 2.23. The van der Waals surface area contributed by atoms with E-state index < -0.39 is 6.09 Å². The number of carbonyl (C=O) groups is 1. The Kier molecular flexibility index (Phi) is 5.79. The van der Waals surface area contributed by atoms with E-state index >= 15 is 0 Å². The summed E-state index contributed by atoms with van der Waals surface area (Å²) >= 11 is 0. The molecule has 0 aliphatic heterocycles. The maximum Gasteiger partial charge on any atom is 0.407 e. The summed E-state index contributed by atoms with van der Waals surface area (Å²) in [6, 6.07) is 5.23. The number of carbonyl (C=O) groups excluding carboxylic acids is 1. The maximum absolute atomic E-state index is 11.2. The Bertz CT molecular complexity index is 394. The molecule has 0 aliphatic rings. The molecule has 0 aromatic heterocycles. The van der Waals surface area contributed by atoms with Crippen molar-refractivity contribution in [2.75, 3.05) is 27.4 Å². The molecule has 18 heavy (non-hydrogen) atoms. The summed E-state index contributed by atoms with van der Waals surface area (Å²) in [7, 11) is 3.09. The largest absolute Gasteiger partial charge is 0.497 e. The molecule has 0 spiro atoms. The van der Waals surface area contributed by atoms with Gasteiger partial charge in [0.2, 0.25) is 0 Å². The van der Waals surface area contributed by atoms with Crippen molar-refractivity contribution in [2.24, 2.45) is 0 Å². The number of hydrogen-bond donors (Lipinski definition) is 2. The van der Waals surface area contributed by atoms with Gasteiger partial charge in [0, 0.05) is 18.2 Å². The molecule has 1 rings (SSSR count). The highest BCUT2D eigenvalue weighted by molar-refractivity contribution is 5.67. The molecule has 0 bridgehead atoms. The fraction of sp³-hybridized carbons (Fsp3) is 0.417. The Balaban J connectivity index is 2.58. The Morgan fingerprint density at radius 2 is 2.11 bits per heavy atom. The van der Waals surface area contributed by atoms with Gasteiger partial charge in [0.25, 0.3) is 0 Å². The van der Waals surface area contributed by atoms with Crippen LogP contribution in [0.5, 0.6) is 11.5 Å². The topological polar surface area (TPSA) is 77.0 Å². The van der Waals surface area contributed by atoms with Crippen molar-refractivity contribution in [3.8, 4) is 11.5 Å². The first-order valence-electron chi connectivity index (χ1n) is 5.43. The number of ether oxygens (including phenoxy) is 3. The monoisotopic (exact) mass is 255 g/mol. The molecule has 0 aliphatic carbocycles. The van der Waals surface area contributed by atoms with E-state index in [1.54, 1.807) is 25.3 Å². The standard InChI is InChI=1S/C12H17NO5/c1-16-10-4-3-9(11(7-10)17-2)8-18-12(15)13-5-6-14/h3-4,7,14H,5-6,8H2,1-2H3,(H,13,15). The number of rotatable bonds is 6. The van der Waals surface area contributed by atoms with Gasteiger partial charge in [-0.05, 0) is 12.1 Å². The van der Waals surface area contributed by atoms with Crippen LogP contribution in [-0.4, -0.2) is 38.6 Å². The van der Waals surface area contributed by atoms with Gasteiger partial charge in [-0.15, -0.1) is 0 Å². The molecule has 0 atom stereocenters. The molecule has 0 fully saturated rings. The van der Waals surface area contributed by atoms with Crippen LogP contribution >= 0.6 is 0 Å². The highest BCUT2D eigenvalue weighted by atomic mass is 16.5. The van der Waals surface area contributed by atoms with Crippen molar-refractivity contribution < 1.29 is 24.1 Å². The minimum Gasteiger partial charge on any atom is -0.497 e. The van der Waals surface area contributed by atoms with Crippen molar-refractivity contribution >= 4 is 6.09 Å². The third-order valence-corrected chi connectivity index (χ3v) is 2.23. The fourth-order valence-electron chi connectivity index (χ4n) is 1.32. The summed E-state index contributed by atoms with van der Waals surface area (Å²) in [6.07, 6.45) is -0.582. The van der Waals surface area contributed by atoms with Crippen molar-refractivity contribution in [1.82, 2.24) is 5.32 Å².